The molecule has 0 unspecified atom stereocenters. The molecule has 0 bridgehead atoms. The number of piperazine rings is 1. The maximum atomic E-state index is 12.8. The van der Waals surface area contributed by atoms with E-state index in [2.05, 4.69) is 9.97 Å². The minimum absolute atomic E-state index is 0.0117. The lowest BCUT2D eigenvalue weighted by atomic mass is 9.83. The van der Waals surface area contributed by atoms with Gasteiger partial charge in [0.25, 0.3) is 11.5 Å². The highest BCUT2D eigenvalue weighted by molar-refractivity contribution is 7.91. The fourth-order valence-electron chi connectivity index (χ4n) is 3.97. The largest absolute Gasteiger partial charge is 0.335 e. The first-order valence-corrected chi connectivity index (χ1v) is 10.5. The van der Waals surface area contributed by atoms with Crippen molar-refractivity contribution in [3.05, 3.63) is 28.4 Å². The molecular weight excluding hydrogens is 360 g/mol. The average molecular weight is 380 g/mol. The zero-order chi connectivity index (χ0) is 18.5. The number of sulfone groups is 1. The molecule has 1 aromatic rings. The number of fused-ring (bicyclic) bond motifs is 1. The SMILES string of the molecule is O=C(C1CCC1)N1CCN(C(=O)c2c[nH]c(=O)cn2)[C@H]2CS(=O)(=O)C[C@H]21. The summed E-state index contributed by atoms with van der Waals surface area (Å²) in [6, 6.07) is -1.08. The van der Waals surface area contributed by atoms with Gasteiger partial charge in [0.2, 0.25) is 5.91 Å². The minimum atomic E-state index is -3.33. The molecule has 2 amide bonds. The van der Waals surface area contributed by atoms with Crippen molar-refractivity contribution in [3.63, 3.8) is 0 Å². The van der Waals surface area contributed by atoms with Crippen LogP contribution in [0.15, 0.2) is 17.2 Å². The number of aromatic amines is 1. The van der Waals surface area contributed by atoms with Gasteiger partial charge >= 0.3 is 0 Å². The summed E-state index contributed by atoms with van der Waals surface area (Å²) in [5.74, 6) is -0.691. The summed E-state index contributed by atoms with van der Waals surface area (Å²) >= 11 is 0. The third-order valence-electron chi connectivity index (χ3n) is 5.57. The van der Waals surface area contributed by atoms with Gasteiger partial charge in [0.05, 0.1) is 29.8 Å². The Kier molecular flexibility index (Phi) is 4.09. The van der Waals surface area contributed by atoms with Gasteiger partial charge in [-0.15, -0.1) is 0 Å². The number of carbonyl (C=O) groups excluding carboxylic acids is 2. The van der Waals surface area contributed by atoms with Crippen LogP contribution >= 0.6 is 0 Å². The van der Waals surface area contributed by atoms with Gasteiger partial charge in [-0.1, -0.05) is 6.42 Å². The Labute approximate surface area is 150 Å². The van der Waals surface area contributed by atoms with Crippen LogP contribution < -0.4 is 5.56 Å². The van der Waals surface area contributed by atoms with E-state index in [1.807, 2.05) is 0 Å². The Morgan fingerprint density at radius 3 is 2.35 bits per heavy atom. The van der Waals surface area contributed by atoms with Gasteiger partial charge in [0.15, 0.2) is 9.84 Å². The molecule has 140 valence electrons. The van der Waals surface area contributed by atoms with Crippen LogP contribution in [0.1, 0.15) is 29.8 Å². The lowest BCUT2D eigenvalue weighted by Gasteiger charge is -2.45. The second-order valence-electron chi connectivity index (χ2n) is 7.17. The molecule has 9 nitrogen and oxygen atoms in total. The van der Waals surface area contributed by atoms with Crippen LogP contribution in [0.25, 0.3) is 0 Å². The van der Waals surface area contributed by atoms with E-state index in [0.29, 0.717) is 6.54 Å². The first-order chi connectivity index (χ1) is 12.4. The Morgan fingerprint density at radius 1 is 1.12 bits per heavy atom. The zero-order valence-electron chi connectivity index (χ0n) is 14.1. The summed E-state index contributed by atoms with van der Waals surface area (Å²) in [5.41, 5.74) is -0.356. The molecule has 1 saturated carbocycles. The summed E-state index contributed by atoms with van der Waals surface area (Å²) in [5, 5.41) is 0. The van der Waals surface area contributed by atoms with E-state index in [9.17, 15) is 22.8 Å². The third-order valence-corrected chi connectivity index (χ3v) is 7.26. The van der Waals surface area contributed by atoms with E-state index in [1.54, 1.807) is 4.90 Å². The molecular formula is C16H20N4O5S. The molecule has 0 spiro atoms. The van der Waals surface area contributed by atoms with Crippen LogP contribution in [0.5, 0.6) is 0 Å². The Morgan fingerprint density at radius 2 is 1.77 bits per heavy atom. The molecule has 4 rings (SSSR count). The highest BCUT2D eigenvalue weighted by atomic mass is 32.2. The van der Waals surface area contributed by atoms with Gasteiger partial charge in [-0.25, -0.2) is 13.4 Å². The highest BCUT2D eigenvalue weighted by Crippen LogP contribution is 2.33. The smallest absolute Gasteiger partial charge is 0.274 e. The Hall–Kier alpha value is -2.23. The molecule has 0 radical (unpaired) electrons. The zero-order valence-corrected chi connectivity index (χ0v) is 14.9. The summed E-state index contributed by atoms with van der Waals surface area (Å²) in [6.07, 6.45) is 4.98. The summed E-state index contributed by atoms with van der Waals surface area (Å²) in [6.45, 7) is 0.579. The van der Waals surface area contributed by atoms with Gasteiger partial charge < -0.3 is 14.8 Å². The van der Waals surface area contributed by atoms with E-state index in [4.69, 9.17) is 0 Å². The minimum Gasteiger partial charge on any atom is -0.335 e. The lowest BCUT2D eigenvalue weighted by molar-refractivity contribution is -0.143. The molecule has 3 aliphatic rings. The highest BCUT2D eigenvalue weighted by Gasteiger charge is 2.50. The summed E-state index contributed by atoms with van der Waals surface area (Å²) in [7, 11) is -3.33. The van der Waals surface area contributed by atoms with Crippen LogP contribution in [0.4, 0.5) is 0 Å². The first kappa shape index (κ1) is 17.2. The van der Waals surface area contributed by atoms with Crippen molar-refractivity contribution in [2.75, 3.05) is 24.6 Å². The number of nitrogens with zero attached hydrogens (tertiary/aromatic N) is 3. The van der Waals surface area contributed by atoms with Crippen LogP contribution in [0.3, 0.4) is 0 Å². The summed E-state index contributed by atoms with van der Waals surface area (Å²) < 4.78 is 24.5. The molecule has 2 aliphatic heterocycles. The normalized spacial score (nSPS) is 27.7. The predicted molar refractivity (Wildman–Crippen MR) is 91.2 cm³/mol. The number of hydrogen-bond acceptors (Lipinski definition) is 6. The van der Waals surface area contributed by atoms with E-state index in [1.165, 1.54) is 11.1 Å². The van der Waals surface area contributed by atoms with Crippen LogP contribution in [0.2, 0.25) is 0 Å². The van der Waals surface area contributed by atoms with E-state index in [0.717, 1.165) is 25.5 Å². The maximum Gasteiger partial charge on any atom is 0.274 e. The summed E-state index contributed by atoms with van der Waals surface area (Å²) in [4.78, 5) is 46.0. The molecule has 3 fully saturated rings. The molecule has 1 N–H and O–H groups in total. The second kappa shape index (κ2) is 6.19. The quantitative estimate of drug-likeness (QED) is 0.704. The third kappa shape index (κ3) is 2.91. The van der Waals surface area contributed by atoms with Crippen molar-refractivity contribution in [1.82, 2.24) is 19.8 Å². The fourth-order valence-corrected chi connectivity index (χ4v) is 5.96. The van der Waals surface area contributed by atoms with Crippen molar-refractivity contribution in [1.29, 1.82) is 0 Å². The number of aromatic nitrogens is 2. The Bertz CT molecular complexity index is 887. The number of carbonyl (C=O) groups is 2. The average Bonchev–Trinajstić information content (AvgIpc) is 2.87. The van der Waals surface area contributed by atoms with Gasteiger partial charge in [-0.2, -0.15) is 0 Å². The van der Waals surface area contributed by atoms with Crippen molar-refractivity contribution in [2.45, 2.75) is 31.3 Å². The molecule has 1 aromatic heterocycles. The number of nitrogens with one attached hydrogen (secondary N) is 1. The molecule has 10 heteroatoms. The van der Waals surface area contributed by atoms with Crippen LogP contribution in [-0.4, -0.2) is 76.7 Å². The van der Waals surface area contributed by atoms with Gasteiger partial charge in [0, 0.05) is 25.2 Å². The predicted octanol–water partition coefficient (Wildman–Crippen LogP) is -0.980. The monoisotopic (exact) mass is 380 g/mol. The molecule has 2 saturated heterocycles. The van der Waals surface area contributed by atoms with Crippen LogP contribution in [0, 0.1) is 5.92 Å². The van der Waals surface area contributed by atoms with Crippen molar-refractivity contribution in [3.8, 4) is 0 Å². The number of H-pyrrole nitrogens is 1. The maximum absolute atomic E-state index is 12.8. The van der Waals surface area contributed by atoms with Gasteiger partial charge in [-0.3, -0.25) is 14.4 Å². The first-order valence-electron chi connectivity index (χ1n) is 8.72. The second-order valence-corrected chi connectivity index (χ2v) is 9.32. The van der Waals surface area contributed by atoms with Gasteiger partial charge in [-0.05, 0) is 12.8 Å². The number of rotatable bonds is 2. The molecule has 26 heavy (non-hydrogen) atoms. The lowest BCUT2D eigenvalue weighted by Crippen LogP contribution is -2.63. The standard InChI is InChI=1S/C16H20N4O5S/c21-14-7-17-11(6-18-14)16(23)20-5-4-19(15(22)10-2-1-3-10)12-8-26(24,25)9-13(12)20/h6-7,10,12-13H,1-5,8-9H2,(H,18,21)/t12-,13+/m1/s1. The van der Waals surface area contributed by atoms with Crippen molar-refractivity contribution in [2.24, 2.45) is 5.92 Å². The van der Waals surface area contributed by atoms with E-state index < -0.39 is 33.4 Å². The molecule has 2 atom stereocenters. The van der Waals surface area contributed by atoms with Crippen molar-refractivity contribution >= 4 is 21.7 Å². The van der Waals surface area contributed by atoms with E-state index in [-0.39, 0.29) is 35.6 Å². The Balaban J connectivity index is 1.60. The molecule has 1 aliphatic carbocycles. The van der Waals surface area contributed by atoms with E-state index >= 15 is 0 Å². The molecule has 0 aromatic carbocycles. The van der Waals surface area contributed by atoms with Crippen LogP contribution in [-0.2, 0) is 14.6 Å². The topological polar surface area (TPSA) is 121 Å². The van der Waals surface area contributed by atoms with Gasteiger partial charge in [0.1, 0.15) is 5.69 Å². The molecule has 3 heterocycles. The number of hydrogen-bond donors (Lipinski definition) is 1. The number of amides is 2. The fraction of sp³-hybridized carbons (Fsp3) is 0.625. The van der Waals surface area contributed by atoms with Crippen molar-refractivity contribution < 1.29 is 18.0 Å².